The lowest BCUT2D eigenvalue weighted by molar-refractivity contribution is 0.344. The molecule has 0 bridgehead atoms. The van der Waals surface area contributed by atoms with Crippen LogP contribution < -0.4 is 15.8 Å². The third-order valence-electron chi connectivity index (χ3n) is 3.06. The number of nitrogen functional groups attached to an aromatic ring is 1. The monoisotopic (exact) mass is 271 g/mol. The van der Waals surface area contributed by atoms with Gasteiger partial charge in [-0.2, -0.15) is 4.37 Å². The average molecular weight is 271 g/mol. The maximum absolute atomic E-state index is 5.78. The number of hydrogen-bond acceptors (Lipinski definition) is 5. The van der Waals surface area contributed by atoms with Crippen LogP contribution in [0.3, 0.4) is 0 Å². The molecule has 0 fully saturated rings. The number of unbranched alkanes of at least 4 members (excludes halogenated alkanes) is 1. The van der Waals surface area contributed by atoms with Crippen molar-refractivity contribution in [3.8, 4) is 5.75 Å². The van der Waals surface area contributed by atoms with Crippen molar-refractivity contribution in [2.75, 3.05) is 24.2 Å². The van der Waals surface area contributed by atoms with Crippen LogP contribution in [-0.4, -0.2) is 17.5 Å². The fourth-order valence-electron chi connectivity index (χ4n) is 1.87. The number of nitrogens with one attached hydrogen (secondary N) is 1. The Hall–Kier alpha value is -0.970. The normalized spacial score (nSPS) is 12.4. The van der Waals surface area contributed by atoms with E-state index in [1.54, 1.807) is 0 Å². The highest BCUT2D eigenvalue weighted by Crippen LogP contribution is 2.35. The lowest BCUT2D eigenvalue weighted by atomic mass is 9.99. The van der Waals surface area contributed by atoms with E-state index in [0.29, 0.717) is 24.1 Å². The summed E-state index contributed by atoms with van der Waals surface area (Å²) >= 11 is 1.38. The lowest BCUT2D eigenvalue weighted by Gasteiger charge is -2.15. The van der Waals surface area contributed by atoms with Crippen LogP contribution in [0, 0.1) is 5.92 Å². The SMILES string of the molecule is CCCCC(CC)CNc1snc(N)c1OCC. The zero-order valence-corrected chi connectivity index (χ0v) is 12.5. The Balaban J connectivity index is 2.50. The van der Waals surface area contributed by atoms with E-state index < -0.39 is 0 Å². The van der Waals surface area contributed by atoms with Crippen LogP contribution in [0.25, 0.3) is 0 Å². The average Bonchev–Trinajstić information content (AvgIpc) is 2.72. The van der Waals surface area contributed by atoms with Crippen LogP contribution in [-0.2, 0) is 0 Å². The van der Waals surface area contributed by atoms with E-state index in [2.05, 4.69) is 23.5 Å². The highest BCUT2D eigenvalue weighted by atomic mass is 32.1. The number of nitrogens with zero attached hydrogens (tertiary/aromatic N) is 1. The van der Waals surface area contributed by atoms with Gasteiger partial charge in [0, 0.05) is 6.54 Å². The van der Waals surface area contributed by atoms with Gasteiger partial charge < -0.3 is 15.8 Å². The van der Waals surface area contributed by atoms with E-state index in [0.717, 1.165) is 11.5 Å². The van der Waals surface area contributed by atoms with Gasteiger partial charge in [-0.15, -0.1) is 0 Å². The van der Waals surface area contributed by atoms with Crippen molar-refractivity contribution in [1.82, 2.24) is 4.37 Å². The van der Waals surface area contributed by atoms with Crippen molar-refractivity contribution in [1.29, 1.82) is 0 Å². The fourth-order valence-corrected chi connectivity index (χ4v) is 2.54. The smallest absolute Gasteiger partial charge is 0.197 e. The summed E-state index contributed by atoms with van der Waals surface area (Å²) < 4.78 is 9.65. The van der Waals surface area contributed by atoms with E-state index in [-0.39, 0.29) is 0 Å². The summed E-state index contributed by atoms with van der Waals surface area (Å²) in [6, 6.07) is 0. The molecule has 0 aromatic carbocycles. The molecule has 1 aromatic rings. The molecule has 1 atom stereocenters. The summed E-state index contributed by atoms with van der Waals surface area (Å²) in [6.45, 7) is 8.02. The molecule has 5 heteroatoms. The molecule has 4 nitrogen and oxygen atoms in total. The molecule has 3 N–H and O–H groups in total. The van der Waals surface area contributed by atoms with E-state index in [9.17, 15) is 0 Å². The molecule has 0 aliphatic heterocycles. The van der Waals surface area contributed by atoms with Crippen molar-refractivity contribution in [3.63, 3.8) is 0 Å². The molecule has 1 rings (SSSR count). The zero-order valence-electron chi connectivity index (χ0n) is 11.7. The highest BCUT2D eigenvalue weighted by Gasteiger charge is 2.14. The second-order valence-electron chi connectivity index (χ2n) is 4.46. The van der Waals surface area contributed by atoms with Crippen molar-refractivity contribution in [2.45, 2.75) is 46.5 Å². The minimum atomic E-state index is 0.492. The lowest BCUT2D eigenvalue weighted by Crippen LogP contribution is -2.13. The topological polar surface area (TPSA) is 60.2 Å². The number of nitrogens with two attached hydrogens (primary N) is 1. The predicted molar refractivity (Wildman–Crippen MR) is 79.5 cm³/mol. The van der Waals surface area contributed by atoms with Gasteiger partial charge in [0.05, 0.1) is 6.61 Å². The van der Waals surface area contributed by atoms with Gasteiger partial charge >= 0.3 is 0 Å². The number of rotatable bonds is 9. The summed E-state index contributed by atoms with van der Waals surface area (Å²) in [4.78, 5) is 0. The van der Waals surface area contributed by atoms with Gasteiger partial charge in [0.25, 0.3) is 0 Å². The molecule has 0 saturated heterocycles. The van der Waals surface area contributed by atoms with Crippen LogP contribution in [0.2, 0.25) is 0 Å². The molecule has 0 aliphatic rings. The third kappa shape index (κ3) is 4.37. The Morgan fingerprint density at radius 3 is 2.78 bits per heavy atom. The Bertz CT molecular complexity index is 341. The van der Waals surface area contributed by atoms with E-state index in [4.69, 9.17) is 10.5 Å². The van der Waals surface area contributed by atoms with E-state index in [1.807, 2.05) is 6.92 Å². The Labute approximate surface area is 114 Å². The van der Waals surface area contributed by atoms with Crippen LogP contribution in [0.1, 0.15) is 46.5 Å². The molecule has 18 heavy (non-hydrogen) atoms. The van der Waals surface area contributed by atoms with Crippen LogP contribution >= 0.6 is 11.5 Å². The molecule has 0 saturated carbocycles. The fraction of sp³-hybridized carbons (Fsp3) is 0.769. The summed E-state index contributed by atoms with van der Waals surface area (Å²) in [5, 5.41) is 4.39. The first-order valence-electron chi connectivity index (χ1n) is 6.84. The van der Waals surface area contributed by atoms with Crippen molar-refractivity contribution in [3.05, 3.63) is 0 Å². The van der Waals surface area contributed by atoms with E-state index in [1.165, 1.54) is 37.2 Å². The summed E-state index contributed by atoms with van der Waals surface area (Å²) in [7, 11) is 0. The van der Waals surface area contributed by atoms with Crippen LogP contribution in [0.5, 0.6) is 5.75 Å². The quantitative estimate of drug-likeness (QED) is 0.718. The van der Waals surface area contributed by atoms with E-state index >= 15 is 0 Å². The first-order chi connectivity index (χ1) is 8.72. The largest absolute Gasteiger partial charge is 0.487 e. The molecule has 0 radical (unpaired) electrons. The van der Waals surface area contributed by atoms with Crippen molar-refractivity contribution < 1.29 is 4.74 Å². The molecule has 1 unspecified atom stereocenters. The van der Waals surface area contributed by atoms with Gasteiger partial charge in [0.1, 0.15) is 0 Å². The minimum Gasteiger partial charge on any atom is -0.487 e. The first kappa shape index (κ1) is 15.1. The van der Waals surface area contributed by atoms with Gasteiger partial charge in [0.15, 0.2) is 16.6 Å². The molecule has 1 aromatic heterocycles. The predicted octanol–water partition coefficient (Wildman–Crippen LogP) is 3.75. The molecule has 0 amide bonds. The van der Waals surface area contributed by atoms with Gasteiger partial charge in [-0.05, 0) is 30.8 Å². The number of ether oxygens (including phenoxy) is 1. The molecular weight excluding hydrogens is 246 g/mol. The standard InChI is InChI=1S/C13H25N3OS/c1-4-7-8-10(5-2)9-15-13-11(17-6-3)12(14)16-18-13/h10,15H,4-9H2,1-3H3,(H2,14,16). The van der Waals surface area contributed by atoms with Crippen LogP contribution in [0.4, 0.5) is 10.8 Å². The number of aromatic nitrogens is 1. The summed E-state index contributed by atoms with van der Waals surface area (Å²) in [5.74, 6) is 1.92. The summed E-state index contributed by atoms with van der Waals surface area (Å²) in [5.41, 5.74) is 5.78. The minimum absolute atomic E-state index is 0.492. The third-order valence-corrected chi connectivity index (χ3v) is 3.86. The molecule has 0 spiro atoms. The second-order valence-corrected chi connectivity index (χ2v) is 5.23. The Morgan fingerprint density at radius 2 is 2.17 bits per heavy atom. The first-order valence-corrected chi connectivity index (χ1v) is 7.61. The molecule has 104 valence electrons. The molecular formula is C13H25N3OS. The van der Waals surface area contributed by atoms with Gasteiger partial charge in [-0.25, -0.2) is 0 Å². The van der Waals surface area contributed by atoms with Crippen molar-refractivity contribution >= 4 is 22.4 Å². The number of hydrogen-bond donors (Lipinski definition) is 2. The molecule has 0 aliphatic carbocycles. The van der Waals surface area contributed by atoms with Gasteiger partial charge in [-0.1, -0.05) is 33.1 Å². The van der Waals surface area contributed by atoms with Crippen LogP contribution in [0.15, 0.2) is 0 Å². The van der Waals surface area contributed by atoms with Gasteiger partial charge in [0.2, 0.25) is 0 Å². The molecule has 1 heterocycles. The second kappa shape index (κ2) is 8.19. The zero-order chi connectivity index (χ0) is 13.4. The van der Waals surface area contributed by atoms with Crippen molar-refractivity contribution in [2.24, 2.45) is 5.92 Å². The Kier molecular flexibility index (Phi) is 6.86. The Morgan fingerprint density at radius 1 is 1.39 bits per heavy atom. The summed E-state index contributed by atoms with van der Waals surface area (Å²) in [6.07, 6.45) is 5.03. The number of anilines is 2. The maximum Gasteiger partial charge on any atom is 0.197 e. The highest BCUT2D eigenvalue weighted by molar-refractivity contribution is 7.11. The maximum atomic E-state index is 5.78. The van der Waals surface area contributed by atoms with Gasteiger partial charge in [-0.3, -0.25) is 0 Å².